The number of rotatable bonds is 5. The molecule has 10 heteroatoms. The number of piperazine rings is 1. The zero-order valence-corrected chi connectivity index (χ0v) is 17.7. The van der Waals surface area contributed by atoms with Gasteiger partial charge in [0, 0.05) is 30.2 Å². The number of benzene rings is 1. The minimum Gasteiger partial charge on any atom is -0.485 e. The summed E-state index contributed by atoms with van der Waals surface area (Å²) in [6.45, 7) is 4.92. The van der Waals surface area contributed by atoms with Crippen LogP contribution in [0.4, 0.5) is 0 Å². The van der Waals surface area contributed by atoms with Crippen molar-refractivity contribution >= 4 is 27.6 Å². The summed E-state index contributed by atoms with van der Waals surface area (Å²) in [4.78, 5) is 16.4. The highest BCUT2D eigenvalue weighted by Crippen LogP contribution is 2.46. The summed E-state index contributed by atoms with van der Waals surface area (Å²) >= 11 is 6.18. The van der Waals surface area contributed by atoms with Gasteiger partial charge in [0.25, 0.3) is 10.1 Å². The minimum atomic E-state index is -3.81. The SMILES string of the molecule is CC1(C)Oc2ccc(Cl)cc2[C@@H](N2CCN(CCO)CC2=O)[C@@H]1OS(C)(=O)=O. The van der Waals surface area contributed by atoms with Gasteiger partial charge < -0.3 is 14.7 Å². The fourth-order valence-corrected chi connectivity index (χ4v) is 4.67. The maximum Gasteiger partial charge on any atom is 0.264 e. The van der Waals surface area contributed by atoms with Crippen LogP contribution >= 0.6 is 11.6 Å². The number of halogens is 1. The summed E-state index contributed by atoms with van der Waals surface area (Å²) in [7, 11) is -3.81. The minimum absolute atomic E-state index is 0.0319. The largest absolute Gasteiger partial charge is 0.485 e. The third-order valence-electron chi connectivity index (χ3n) is 5.00. The van der Waals surface area contributed by atoms with Crippen molar-refractivity contribution in [1.29, 1.82) is 0 Å². The van der Waals surface area contributed by atoms with Gasteiger partial charge in [0.05, 0.1) is 25.4 Å². The number of hydrogen-bond donors (Lipinski definition) is 1. The van der Waals surface area contributed by atoms with Crippen molar-refractivity contribution < 1.29 is 27.2 Å². The Morgan fingerprint density at radius 3 is 2.68 bits per heavy atom. The number of aliphatic hydroxyl groups is 1. The molecule has 8 nitrogen and oxygen atoms in total. The van der Waals surface area contributed by atoms with Gasteiger partial charge in [-0.25, -0.2) is 0 Å². The lowest BCUT2D eigenvalue weighted by atomic mass is 9.85. The first-order chi connectivity index (χ1) is 13.0. The van der Waals surface area contributed by atoms with Crippen LogP contribution in [-0.4, -0.2) is 80.0 Å². The van der Waals surface area contributed by atoms with Crippen LogP contribution in [0.5, 0.6) is 5.75 Å². The van der Waals surface area contributed by atoms with Gasteiger partial charge in [0.15, 0.2) is 0 Å². The molecule has 0 radical (unpaired) electrons. The Balaban J connectivity index is 2.05. The Hall–Kier alpha value is -1.39. The third kappa shape index (κ3) is 4.44. The van der Waals surface area contributed by atoms with Crippen molar-refractivity contribution in [2.75, 3.05) is 39.0 Å². The van der Waals surface area contributed by atoms with Gasteiger partial charge >= 0.3 is 0 Å². The van der Waals surface area contributed by atoms with Crippen LogP contribution in [0.2, 0.25) is 5.02 Å². The number of aliphatic hydroxyl groups excluding tert-OH is 1. The van der Waals surface area contributed by atoms with Crippen molar-refractivity contribution in [1.82, 2.24) is 9.80 Å². The second-order valence-corrected chi connectivity index (χ2v) is 9.68. The van der Waals surface area contributed by atoms with E-state index in [-0.39, 0.29) is 19.1 Å². The topological polar surface area (TPSA) is 96.4 Å². The molecule has 0 bridgehead atoms. The van der Waals surface area contributed by atoms with Crippen molar-refractivity contribution in [3.05, 3.63) is 28.8 Å². The van der Waals surface area contributed by atoms with Gasteiger partial charge in [0.2, 0.25) is 5.91 Å². The molecular formula is C18H25ClN2O6S. The molecule has 1 fully saturated rings. The van der Waals surface area contributed by atoms with E-state index in [1.54, 1.807) is 36.9 Å². The summed E-state index contributed by atoms with van der Waals surface area (Å²) in [5.41, 5.74) is -0.388. The van der Waals surface area contributed by atoms with Crippen LogP contribution in [0.3, 0.4) is 0 Å². The van der Waals surface area contributed by atoms with Gasteiger partial charge in [-0.15, -0.1) is 0 Å². The fraction of sp³-hybridized carbons (Fsp3) is 0.611. The van der Waals surface area contributed by atoms with Gasteiger partial charge in [-0.2, -0.15) is 8.42 Å². The number of ether oxygens (including phenoxy) is 1. The van der Waals surface area contributed by atoms with E-state index >= 15 is 0 Å². The van der Waals surface area contributed by atoms with Crippen molar-refractivity contribution in [3.63, 3.8) is 0 Å². The molecule has 0 saturated carbocycles. The molecule has 1 aromatic rings. The van der Waals surface area contributed by atoms with Crippen LogP contribution in [0.25, 0.3) is 0 Å². The molecule has 156 valence electrons. The van der Waals surface area contributed by atoms with Crippen LogP contribution in [0.1, 0.15) is 25.5 Å². The Morgan fingerprint density at radius 1 is 1.36 bits per heavy atom. The van der Waals surface area contributed by atoms with Crippen molar-refractivity contribution in [3.8, 4) is 5.75 Å². The molecule has 0 aromatic heterocycles. The fourth-order valence-electron chi connectivity index (χ4n) is 3.78. The highest BCUT2D eigenvalue weighted by molar-refractivity contribution is 7.86. The number of fused-ring (bicyclic) bond motifs is 1. The van der Waals surface area contributed by atoms with E-state index in [4.69, 9.17) is 25.6 Å². The maximum absolute atomic E-state index is 12.9. The normalized spacial score (nSPS) is 25.3. The predicted molar refractivity (Wildman–Crippen MR) is 104 cm³/mol. The van der Waals surface area contributed by atoms with Gasteiger partial charge in [-0.05, 0) is 32.0 Å². The molecule has 1 amide bonds. The zero-order chi connectivity index (χ0) is 20.7. The second kappa shape index (κ2) is 7.79. The first-order valence-corrected chi connectivity index (χ1v) is 11.2. The second-order valence-electron chi connectivity index (χ2n) is 7.64. The molecule has 0 unspecified atom stereocenters. The Bertz CT molecular complexity index is 860. The first-order valence-electron chi connectivity index (χ1n) is 9.01. The quantitative estimate of drug-likeness (QED) is 0.694. The third-order valence-corrected chi connectivity index (χ3v) is 5.79. The number of amides is 1. The van der Waals surface area contributed by atoms with Crippen molar-refractivity contribution in [2.24, 2.45) is 0 Å². The summed E-state index contributed by atoms with van der Waals surface area (Å²) in [6.07, 6.45) is 0.0380. The maximum atomic E-state index is 12.9. The average molecular weight is 433 g/mol. The highest BCUT2D eigenvalue weighted by Gasteiger charge is 2.50. The van der Waals surface area contributed by atoms with Crippen LogP contribution < -0.4 is 4.74 Å². The van der Waals surface area contributed by atoms with E-state index in [2.05, 4.69) is 0 Å². The number of carbonyl (C=O) groups excluding carboxylic acids is 1. The average Bonchev–Trinajstić information content (AvgIpc) is 2.56. The Kier molecular flexibility index (Phi) is 5.94. The highest BCUT2D eigenvalue weighted by atomic mass is 35.5. The van der Waals surface area contributed by atoms with Gasteiger partial charge in [0.1, 0.15) is 17.5 Å². The van der Waals surface area contributed by atoms with E-state index in [1.165, 1.54) is 0 Å². The molecule has 2 aliphatic rings. The lowest BCUT2D eigenvalue weighted by Crippen LogP contribution is -2.60. The lowest BCUT2D eigenvalue weighted by Gasteiger charge is -2.49. The number of hydrogen-bond acceptors (Lipinski definition) is 7. The first kappa shape index (κ1) is 21.3. The van der Waals surface area contributed by atoms with Crippen LogP contribution in [-0.2, 0) is 19.1 Å². The summed E-state index contributed by atoms with van der Waals surface area (Å²) in [5.74, 6) is 0.369. The monoisotopic (exact) mass is 432 g/mol. The summed E-state index contributed by atoms with van der Waals surface area (Å²) in [6, 6.07) is 4.42. The lowest BCUT2D eigenvalue weighted by molar-refractivity contribution is -0.148. The van der Waals surface area contributed by atoms with Crippen molar-refractivity contribution in [2.45, 2.75) is 31.6 Å². The molecule has 0 aliphatic carbocycles. The molecule has 2 heterocycles. The molecule has 1 N–H and O–H groups in total. The Morgan fingerprint density at radius 2 is 2.07 bits per heavy atom. The van der Waals surface area contributed by atoms with Gasteiger partial charge in [-0.1, -0.05) is 11.6 Å². The molecular weight excluding hydrogens is 408 g/mol. The van der Waals surface area contributed by atoms with E-state index in [9.17, 15) is 13.2 Å². The zero-order valence-electron chi connectivity index (χ0n) is 16.1. The molecule has 2 atom stereocenters. The van der Waals surface area contributed by atoms with Gasteiger partial charge in [-0.3, -0.25) is 13.9 Å². The molecule has 3 rings (SSSR count). The molecule has 28 heavy (non-hydrogen) atoms. The standard InChI is InChI=1S/C18H25ClN2O6S/c1-18(2)17(27-28(3,24)25)16(13-10-12(19)4-5-14(13)26-18)21-7-6-20(8-9-22)11-15(21)23/h4-5,10,16-17,22H,6-9,11H2,1-3H3/t16-,17+/m1/s1. The number of nitrogens with zero attached hydrogens (tertiary/aromatic N) is 2. The smallest absolute Gasteiger partial charge is 0.264 e. The van der Waals surface area contributed by atoms with E-state index < -0.39 is 27.9 Å². The summed E-state index contributed by atoms with van der Waals surface area (Å²) in [5, 5.41) is 9.59. The molecule has 1 aromatic carbocycles. The van der Waals surface area contributed by atoms with Crippen LogP contribution in [0.15, 0.2) is 18.2 Å². The van der Waals surface area contributed by atoms with E-state index in [1.807, 2.05) is 4.90 Å². The molecule has 2 aliphatic heterocycles. The number of carbonyl (C=O) groups is 1. The van der Waals surface area contributed by atoms with Crippen LogP contribution in [0, 0.1) is 0 Å². The predicted octanol–water partition coefficient (Wildman–Crippen LogP) is 1.03. The number of β-amino-alcohol motifs (C(OH)–C–C–N with tert-alkyl or cyclic N) is 1. The molecule has 0 spiro atoms. The van der Waals surface area contributed by atoms with E-state index in [0.29, 0.717) is 36.0 Å². The summed E-state index contributed by atoms with van der Waals surface area (Å²) < 4.78 is 35.4. The van der Waals surface area contributed by atoms with E-state index in [0.717, 1.165) is 6.26 Å². The Labute approximate surface area is 170 Å². The molecule has 1 saturated heterocycles.